The number of hydrogen-bond acceptors (Lipinski definition) is 7. The fourth-order valence-corrected chi connectivity index (χ4v) is 4.18. The number of aromatic nitrogens is 2. The van der Waals surface area contributed by atoms with Crippen molar-refractivity contribution in [2.45, 2.75) is 23.1 Å². The first-order valence-electron chi connectivity index (χ1n) is 8.37. The van der Waals surface area contributed by atoms with Gasteiger partial charge in [-0.05, 0) is 24.6 Å². The number of para-hydroxylation sites is 2. The number of ether oxygens (including phenoxy) is 1. The molecule has 3 aromatic rings. The monoisotopic (exact) mass is 400 g/mol. The first-order chi connectivity index (χ1) is 13.2. The summed E-state index contributed by atoms with van der Waals surface area (Å²) in [5.41, 5.74) is 1.83. The molecule has 8 heteroatoms. The predicted octanol–water partition coefficient (Wildman–Crippen LogP) is 4.28. The Labute approximate surface area is 166 Å². The number of hydrogen-bond donors (Lipinski definition) is 2. The zero-order valence-corrected chi connectivity index (χ0v) is 16.6. The Bertz CT molecular complexity index is 886. The highest BCUT2D eigenvalue weighted by Crippen LogP contribution is 2.30. The molecular weight excluding hydrogens is 380 g/mol. The number of thioether (sulfide) groups is 1. The number of carbonyl (C=O) groups is 1. The number of anilines is 2. The number of benzene rings is 2. The lowest BCUT2D eigenvalue weighted by molar-refractivity contribution is -0.115. The minimum atomic E-state index is -0.315. The molecule has 2 aromatic carbocycles. The van der Waals surface area contributed by atoms with E-state index >= 15 is 0 Å². The third-order valence-electron chi connectivity index (χ3n) is 3.70. The van der Waals surface area contributed by atoms with Gasteiger partial charge in [0.25, 0.3) is 0 Å². The molecule has 1 amide bonds. The fourth-order valence-electron chi connectivity index (χ4n) is 2.29. The van der Waals surface area contributed by atoms with Gasteiger partial charge in [0, 0.05) is 6.54 Å². The van der Waals surface area contributed by atoms with E-state index in [1.807, 2.05) is 61.5 Å². The molecule has 0 saturated carbocycles. The highest BCUT2D eigenvalue weighted by molar-refractivity contribution is 8.02. The minimum absolute atomic E-state index is 0.113. The van der Waals surface area contributed by atoms with Gasteiger partial charge in [0.2, 0.25) is 11.0 Å². The molecule has 0 bridgehead atoms. The van der Waals surface area contributed by atoms with Crippen LogP contribution in [0.2, 0.25) is 0 Å². The lowest BCUT2D eigenvalue weighted by Crippen LogP contribution is -2.22. The van der Waals surface area contributed by atoms with E-state index in [0.29, 0.717) is 18.0 Å². The summed E-state index contributed by atoms with van der Waals surface area (Å²) in [6.07, 6.45) is 0. The molecule has 0 saturated heterocycles. The smallest absolute Gasteiger partial charge is 0.237 e. The molecule has 0 aliphatic rings. The molecule has 0 spiro atoms. The van der Waals surface area contributed by atoms with E-state index in [0.717, 1.165) is 9.47 Å². The van der Waals surface area contributed by atoms with E-state index in [1.54, 1.807) is 7.11 Å². The topological polar surface area (TPSA) is 76.1 Å². The average Bonchev–Trinajstić information content (AvgIpc) is 3.15. The van der Waals surface area contributed by atoms with E-state index in [-0.39, 0.29) is 11.2 Å². The van der Waals surface area contributed by atoms with E-state index < -0.39 is 0 Å². The number of rotatable bonds is 8. The summed E-state index contributed by atoms with van der Waals surface area (Å²) in [5.74, 6) is 0.518. The summed E-state index contributed by atoms with van der Waals surface area (Å²) >= 11 is 2.82. The van der Waals surface area contributed by atoms with Gasteiger partial charge in [-0.1, -0.05) is 65.6 Å². The van der Waals surface area contributed by atoms with Crippen LogP contribution in [0.15, 0.2) is 58.9 Å². The van der Waals surface area contributed by atoms with Crippen molar-refractivity contribution in [2.24, 2.45) is 0 Å². The molecule has 27 heavy (non-hydrogen) atoms. The van der Waals surface area contributed by atoms with Crippen LogP contribution in [0.4, 0.5) is 10.8 Å². The third kappa shape index (κ3) is 5.45. The molecule has 1 aromatic heterocycles. The Hall–Kier alpha value is -2.58. The van der Waals surface area contributed by atoms with Crippen LogP contribution in [-0.2, 0) is 11.3 Å². The van der Waals surface area contributed by atoms with Crippen LogP contribution in [0.3, 0.4) is 0 Å². The van der Waals surface area contributed by atoms with Gasteiger partial charge in [0.15, 0.2) is 4.34 Å². The molecule has 0 radical (unpaired) electrons. The van der Waals surface area contributed by atoms with Crippen LogP contribution in [0.25, 0.3) is 0 Å². The lowest BCUT2D eigenvalue weighted by atomic mass is 10.2. The first-order valence-corrected chi connectivity index (χ1v) is 10.1. The summed E-state index contributed by atoms with van der Waals surface area (Å²) in [4.78, 5) is 12.5. The number of nitrogens with one attached hydrogen (secondary N) is 2. The molecule has 1 unspecified atom stereocenters. The minimum Gasteiger partial charge on any atom is -0.495 e. The Morgan fingerprint density at radius 2 is 1.89 bits per heavy atom. The zero-order chi connectivity index (χ0) is 19.1. The van der Waals surface area contributed by atoms with Crippen LogP contribution < -0.4 is 15.4 Å². The van der Waals surface area contributed by atoms with Crippen molar-refractivity contribution in [1.29, 1.82) is 0 Å². The molecule has 1 heterocycles. The maximum Gasteiger partial charge on any atom is 0.237 e. The maximum absolute atomic E-state index is 12.5. The van der Waals surface area contributed by atoms with E-state index in [4.69, 9.17) is 4.74 Å². The van der Waals surface area contributed by atoms with Crippen molar-refractivity contribution in [3.05, 3.63) is 60.2 Å². The molecular formula is C19H20N4O2S2. The van der Waals surface area contributed by atoms with Crippen molar-refractivity contribution < 1.29 is 9.53 Å². The van der Waals surface area contributed by atoms with Crippen LogP contribution >= 0.6 is 23.1 Å². The number of carbonyl (C=O) groups excluding carboxylic acids is 1. The number of nitrogens with zero attached hydrogens (tertiary/aromatic N) is 2. The second kappa shape index (κ2) is 9.38. The van der Waals surface area contributed by atoms with Crippen LogP contribution in [0.1, 0.15) is 12.5 Å². The first kappa shape index (κ1) is 19.2. The maximum atomic E-state index is 12.5. The van der Waals surface area contributed by atoms with Gasteiger partial charge in [-0.25, -0.2) is 0 Å². The van der Waals surface area contributed by atoms with Crippen molar-refractivity contribution in [3.8, 4) is 5.75 Å². The average molecular weight is 401 g/mol. The molecule has 3 rings (SSSR count). The van der Waals surface area contributed by atoms with Crippen LogP contribution in [0, 0.1) is 0 Å². The van der Waals surface area contributed by atoms with Gasteiger partial charge in [-0.15, -0.1) is 10.2 Å². The Morgan fingerprint density at radius 1 is 1.15 bits per heavy atom. The second-order valence-corrected chi connectivity index (χ2v) is 8.23. The zero-order valence-electron chi connectivity index (χ0n) is 15.0. The van der Waals surface area contributed by atoms with Gasteiger partial charge in [0.05, 0.1) is 18.0 Å². The molecule has 0 aliphatic heterocycles. The molecule has 0 fully saturated rings. The van der Waals surface area contributed by atoms with E-state index in [2.05, 4.69) is 20.8 Å². The largest absolute Gasteiger partial charge is 0.495 e. The van der Waals surface area contributed by atoms with Crippen LogP contribution in [0.5, 0.6) is 5.75 Å². The van der Waals surface area contributed by atoms with Gasteiger partial charge >= 0.3 is 0 Å². The SMILES string of the molecule is COc1ccccc1NC(=O)C(C)Sc1nnc(NCc2ccccc2)s1. The van der Waals surface area contributed by atoms with Gasteiger partial charge in [-0.2, -0.15) is 0 Å². The molecule has 1 atom stereocenters. The van der Waals surface area contributed by atoms with Crippen molar-refractivity contribution in [2.75, 3.05) is 17.7 Å². The molecule has 6 nitrogen and oxygen atoms in total. The van der Waals surface area contributed by atoms with Gasteiger partial charge < -0.3 is 15.4 Å². The summed E-state index contributed by atoms with van der Waals surface area (Å²) in [7, 11) is 1.58. The summed E-state index contributed by atoms with van der Waals surface area (Å²) in [5, 5.41) is 14.9. The number of methoxy groups -OCH3 is 1. The lowest BCUT2D eigenvalue weighted by Gasteiger charge is -2.12. The summed E-state index contributed by atoms with van der Waals surface area (Å²) in [6.45, 7) is 2.53. The summed E-state index contributed by atoms with van der Waals surface area (Å²) < 4.78 is 6.00. The number of amides is 1. The van der Waals surface area contributed by atoms with Gasteiger partial charge in [0.1, 0.15) is 5.75 Å². The molecule has 0 aliphatic carbocycles. The van der Waals surface area contributed by atoms with Crippen molar-refractivity contribution in [3.63, 3.8) is 0 Å². The molecule has 140 valence electrons. The van der Waals surface area contributed by atoms with Crippen molar-refractivity contribution in [1.82, 2.24) is 10.2 Å². The Balaban J connectivity index is 1.54. The summed E-state index contributed by atoms with van der Waals surface area (Å²) in [6, 6.07) is 17.4. The fraction of sp³-hybridized carbons (Fsp3) is 0.211. The predicted molar refractivity (Wildman–Crippen MR) is 111 cm³/mol. The Morgan fingerprint density at radius 3 is 2.67 bits per heavy atom. The van der Waals surface area contributed by atoms with E-state index in [9.17, 15) is 4.79 Å². The van der Waals surface area contributed by atoms with Gasteiger partial charge in [-0.3, -0.25) is 4.79 Å². The van der Waals surface area contributed by atoms with E-state index in [1.165, 1.54) is 28.7 Å². The highest BCUT2D eigenvalue weighted by atomic mass is 32.2. The normalized spacial score (nSPS) is 11.6. The standard InChI is InChI=1S/C19H20N4O2S2/c1-13(17(24)21-15-10-6-7-11-16(15)25-2)26-19-23-22-18(27-19)20-12-14-8-4-3-5-9-14/h3-11,13H,12H2,1-2H3,(H,20,22)(H,21,24). The quantitative estimate of drug-likeness (QED) is 0.550. The third-order valence-corrected chi connectivity index (χ3v) is 5.77. The van der Waals surface area contributed by atoms with Crippen molar-refractivity contribution >= 4 is 39.8 Å². The Kier molecular flexibility index (Phi) is 6.67. The molecule has 2 N–H and O–H groups in total. The van der Waals surface area contributed by atoms with Crippen LogP contribution in [-0.4, -0.2) is 28.5 Å². The highest BCUT2D eigenvalue weighted by Gasteiger charge is 2.18. The second-order valence-electron chi connectivity index (χ2n) is 5.66.